The summed E-state index contributed by atoms with van der Waals surface area (Å²) in [4.78, 5) is 18.2. The van der Waals surface area contributed by atoms with Gasteiger partial charge in [0, 0.05) is 64.1 Å². The van der Waals surface area contributed by atoms with Crippen molar-refractivity contribution in [2.75, 3.05) is 74.6 Å². The van der Waals surface area contributed by atoms with Crippen LogP contribution in [-0.2, 0) is 14.8 Å². The molecule has 9 heteroatoms. The molecule has 0 radical (unpaired) electrons. The molecule has 0 bridgehead atoms. The third kappa shape index (κ3) is 7.13. The van der Waals surface area contributed by atoms with Crippen molar-refractivity contribution < 1.29 is 17.6 Å². The highest BCUT2D eigenvalue weighted by molar-refractivity contribution is 7.89. The summed E-state index contributed by atoms with van der Waals surface area (Å²) in [5.74, 6) is 0.769. The van der Waals surface area contributed by atoms with Crippen LogP contribution < -0.4 is 9.80 Å². The Hall–Kier alpha value is -1.71. The Balaban J connectivity index is 1.48. The predicted octanol–water partition coefficient (Wildman–Crippen LogP) is 2.83. The lowest BCUT2D eigenvalue weighted by molar-refractivity contribution is -0.116. The molecular weight excluding hydrogens is 443 g/mol. The molecule has 1 aromatic rings. The van der Waals surface area contributed by atoms with E-state index in [4.69, 9.17) is 0 Å². The van der Waals surface area contributed by atoms with Crippen LogP contribution >= 0.6 is 0 Å². The van der Waals surface area contributed by atoms with E-state index in [9.17, 15) is 17.6 Å². The molecule has 7 nitrogen and oxygen atoms in total. The highest BCUT2D eigenvalue weighted by Crippen LogP contribution is 2.26. The van der Waals surface area contributed by atoms with Gasteiger partial charge in [-0.15, -0.1) is 0 Å². The highest BCUT2D eigenvalue weighted by atomic mass is 32.2. The van der Waals surface area contributed by atoms with Gasteiger partial charge >= 0.3 is 0 Å². The molecule has 1 aromatic carbocycles. The molecule has 2 aliphatic heterocycles. The van der Waals surface area contributed by atoms with Crippen LogP contribution in [-0.4, -0.2) is 88.3 Å². The van der Waals surface area contributed by atoms with E-state index in [-0.39, 0.29) is 24.1 Å². The monoisotopic (exact) mass is 482 g/mol. The van der Waals surface area contributed by atoms with Crippen LogP contribution in [0.2, 0.25) is 0 Å². The molecule has 2 saturated heterocycles. The number of sulfonamides is 1. The van der Waals surface area contributed by atoms with Crippen molar-refractivity contribution in [3.8, 4) is 0 Å². The third-order valence-corrected chi connectivity index (χ3v) is 8.83. The van der Waals surface area contributed by atoms with Gasteiger partial charge < -0.3 is 9.80 Å². The number of benzene rings is 1. The molecule has 0 N–H and O–H groups in total. The second kappa shape index (κ2) is 11.6. The number of carbonyl (C=O) groups is 1. The molecule has 2 aliphatic rings. The van der Waals surface area contributed by atoms with Crippen LogP contribution in [0, 0.1) is 11.8 Å². The van der Waals surface area contributed by atoms with Crippen molar-refractivity contribution >= 4 is 27.3 Å². The second-order valence-corrected chi connectivity index (χ2v) is 11.7. The number of piperazine rings is 1. The van der Waals surface area contributed by atoms with Gasteiger partial charge in [0.25, 0.3) is 0 Å². The summed E-state index contributed by atoms with van der Waals surface area (Å²) in [6.07, 6.45) is 1.85. The molecule has 186 valence electrons. The van der Waals surface area contributed by atoms with Gasteiger partial charge in [-0.05, 0) is 42.9 Å². The quantitative estimate of drug-likeness (QED) is 0.542. The summed E-state index contributed by atoms with van der Waals surface area (Å²) < 4.78 is 39.5. The number of hydrogen-bond acceptors (Lipinski definition) is 5. The molecule has 3 rings (SSSR count). The first-order valence-corrected chi connectivity index (χ1v) is 13.7. The number of nitrogens with zero attached hydrogens (tertiary/aromatic N) is 4. The Bertz CT molecular complexity index is 879. The zero-order chi connectivity index (χ0) is 24.0. The Morgan fingerprint density at radius 1 is 1.12 bits per heavy atom. The Morgan fingerprint density at radius 2 is 1.79 bits per heavy atom. The summed E-state index contributed by atoms with van der Waals surface area (Å²) in [6, 6.07) is 7.79. The minimum absolute atomic E-state index is 0.0736. The number of amides is 1. The predicted molar refractivity (Wildman–Crippen MR) is 132 cm³/mol. The molecule has 0 spiro atoms. The van der Waals surface area contributed by atoms with E-state index in [1.807, 2.05) is 38.1 Å². The maximum Gasteiger partial charge on any atom is 0.223 e. The Kier molecular flexibility index (Phi) is 9.12. The normalized spacial score (nSPS) is 19.2. The number of halogens is 1. The van der Waals surface area contributed by atoms with E-state index in [0.29, 0.717) is 19.0 Å². The molecule has 1 amide bonds. The van der Waals surface area contributed by atoms with Crippen LogP contribution in [0.1, 0.15) is 33.6 Å². The smallest absolute Gasteiger partial charge is 0.223 e. The molecule has 33 heavy (non-hydrogen) atoms. The minimum atomic E-state index is -3.13. The van der Waals surface area contributed by atoms with Gasteiger partial charge in [-0.1, -0.05) is 19.9 Å². The fourth-order valence-corrected chi connectivity index (χ4v) is 6.68. The van der Waals surface area contributed by atoms with Crippen LogP contribution in [0.5, 0.6) is 0 Å². The maximum atomic E-state index is 12.9. The first-order chi connectivity index (χ1) is 15.7. The van der Waals surface area contributed by atoms with Gasteiger partial charge in [-0.25, -0.2) is 17.1 Å². The van der Waals surface area contributed by atoms with Crippen molar-refractivity contribution in [2.24, 2.45) is 11.8 Å². The summed E-state index contributed by atoms with van der Waals surface area (Å²) in [5.41, 5.74) is 1.79. The fraction of sp³-hybridized carbons (Fsp3) is 0.708. The van der Waals surface area contributed by atoms with Crippen molar-refractivity contribution in [1.82, 2.24) is 9.21 Å². The van der Waals surface area contributed by atoms with Gasteiger partial charge in [0.1, 0.15) is 6.67 Å². The second-order valence-electron chi connectivity index (χ2n) is 9.68. The van der Waals surface area contributed by atoms with Crippen LogP contribution in [0.25, 0.3) is 0 Å². The van der Waals surface area contributed by atoms with E-state index in [1.54, 1.807) is 4.31 Å². The van der Waals surface area contributed by atoms with Gasteiger partial charge in [0.15, 0.2) is 0 Å². The topological polar surface area (TPSA) is 64.2 Å². The molecule has 0 aliphatic carbocycles. The van der Waals surface area contributed by atoms with E-state index >= 15 is 0 Å². The highest BCUT2D eigenvalue weighted by Gasteiger charge is 2.30. The Labute approximate surface area is 198 Å². The van der Waals surface area contributed by atoms with Crippen LogP contribution in [0.3, 0.4) is 0 Å². The Morgan fingerprint density at radius 3 is 2.36 bits per heavy atom. The van der Waals surface area contributed by atoms with E-state index in [0.717, 1.165) is 56.9 Å². The molecule has 0 unspecified atom stereocenters. The van der Waals surface area contributed by atoms with E-state index in [1.165, 1.54) is 11.8 Å². The van der Waals surface area contributed by atoms with Gasteiger partial charge in [-0.2, -0.15) is 0 Å². The maximum absolute atomic E-state index is 12.9. The van der Waals surface area contributed by atoms with Crippen LogP contribution in [0.15, 0.2) is 24.3 Å². The standard InChI is InChI=1S/C24H39FN4O3S/c1-20(2)19-33(31,32)28-10-7-22(8-11-28)18-26-13-15-27(16-14-26)23-5-4-6-24(17-23)29(12-9-25)21(3)30/h4-6,17,20,22H,7-16,18-19H2,1-3H3. The number of rotatable bonds is 9. The lowest BCUT2D eigenvalue weighted by Gasteiger charge is -2.39. The summed E-state index contributed by atoms with van der Waals surface area (Å²) in [6.45, 7) is 10.9. The lowest BCUT2D eigenvalue weighted by Crippen LogP contribution is -2.49. The molecule has 2 fully saturated rings. The minimum Gasteiger partial charge on any atom is -0.369 e. The average molecular weight is 483 g/mol. The van der Waals surface area contributed by atoms with E-state index in [2.05, 4.69) is 9.80 Å². The fourth-order valence-electron chi connectivity index (χ4n) is 4.86. The van der Waals surface area contributed by atoms with E-state index < -0.39 is 16.7 Å². The first kappa shape index (κ1) is 25.9. The molecule has 0 saturated carbocycles. The molecule has 0 atom stereocenters. The van der Waals surface area contributed by atoms with Crippen molar-refractivity contribution in [3.05, 3.63) is 24.3 Å². The number of carbonyl (C=O) groups excluding carboxylic acids is 1. The SMILES string of the molecule is CC(=O)N(CCF)c1cccc(N2CCN(CC3CCN(S(=O)(=O)CC(C)C)CC3)CC2)c1. The van der Waals surface area contributed by atoms with Crippen molar-refractivity contribution in [2.45, 2.75) is 33.6 Å². The van der Waals surface area contributed by atoms with Gasteiger partial charge in [0.05, 0.1) is 12.3 Å². The first-order valence-electron chi connectivity index (χ1n) is 12.1. The van der Waals surface area contributed by atoms with Crippen molar-refractivity contribution in [3.63, 3.8) is 0 Å². The third-order valence-electron chi connectivity index (χ3n) is 6.59. The number of anilines is 2. The summed E-state index contributed by atoms with van der Waals surface area (Å²) in [7, 11) is -3.13. The lowest BCUT2D eigenvalue weighted by atomic mass is 9.97. The zero-order valence-electron chi connectivity index (χ0n) is 20.2. The summed E-state index contributed by atoms with van der Waals surface area (Å²) in [5, 5.41) is 0. The molecular formula is C24H39FN4O3S. The van der Waals surface area contributed by atoms with Gasteiger partial charge in [0.2, 0.25) is 15.9 Å². The summed E-state index contributed by atoms with van der Waals surface area (Å²) >= 11 is 0. The van der Waals surface area contributed by atoms with Crippen molar-refractivity contribution in [1.29, 1.82) is 0 Å². The van der Waals surface area contributed by atoms with Gasteiger partial charge in [-0.3, -0.25) is 9.69 Å². The largest absolute Gasteiger partial charge is 0.369 e. The number of hydrogen-bond donors (Lipinski definition) is 0. The molecule has 0 aromatic heterocycles. The average Bonchev–Trinajstić information content (AvgIpc) is 2.77. The zero-order valence-corrected chi connectivity index (χ0v) is 21.1. The number of piperidine rings is 1. The molecule has 2 heterocycles. The number of alkyl halides is 1. The van der Waals surface area contributed by atoms with Crippen LogP contribution in [0.4, 0.5) is 15.8 Å².